The maximum absolute atomic E-state index is 13.4. The molecule has 188 valence electrons. The SMILES string of the molecule is COc1ccc(CCNC(=O)c2c(N)n(-c3ccc(OC)c(OC)c3)c3nc4ccccc4nc23)cc1. The van der Waals surface area contributed by atoms with Crippen molar-refractivity contribution < 1.29 is 19.0 Å². The Labute approximate surface area is 213 Å². The molecule has 37 heavy (non-hydrogen) atoms. The fourth-order valence-electron chi connectivity index (χ4n) is 4.31. The topological polar surface area (TPSA) is 114 Å². The Hall–Kier alpha value is -4.79. The van der Waals surface area contributed by atoms with E-state index >= 15 is 0 Å². The summed E-state index contributed by atoms with van der Waals surface area (Å²) < 4.78 is 17.8. The van der Waals surface area contributed by atoms with Crippen molar-refractivity contribution in [2.45, 2.75) is 6.42 Å². The van der Waals surface area contributed by atoms with Crippen LogP contribution in [0.15, 0.2) is 66.7 Å². The van der Waals surface area contributed by atoms with Crippen LogP contribution >= 0.6 is 0 Å². The second kappa shape index (κ2) is 10.1. The van der Waals surface area contributed by atoms with Gasteiger partial charge in [-0.15, -0.1) is 0 Å². The molecule has 0 bridgehead atoms. The number of rotatable bonds is 8. The first-order valence-corrected chi connectivity index (χ1v) is 11.7. The average molecular weight is 498 g/mol. The lowest BCUT2D eigenvalue weighted by molar-refractivity contribution is 0.0956. The van der Waals surface area contributed by atoms with Crippen molar-refractivity contribution in [1.29, 1.82) is 0 Å². The maximum atomic E-state index is 13.4. The Morgan fingerprint density at radius 3 is 2.27 bits per heavy atom. The smallest absolute Gasteiger partial charge is 0.257 e. The Morgan fingerprint density at radius 1 is 0.892 bits per heavy atom. The maximum Gasteiger partial charge on any atom is 0.257 e. The molecular formula is C28H27N5O4. The van der Waals surface area contributed by atoms with Crippen molar-refractivity contribution in [2.75, 3.05) is 33.6 Å². The summed E-state index contributed by atoms with van der Waals surface area (Å²) in [5.74, 6) is 1.81. The number of benzene rings is 3. The first kappa shape index (κ1) is 23.9. The molecule has 5 rings (SSSR count). The number of carbonyl (C=O) groups excluding carboxylic acids is 1. The molecule has 0 fully saturated rings. The van der Waals surface area contributed by atoms with E-state index in [-0.39, 0.29) is 17.3 Å². The standard InChI is InChI=1S/C28H27N5O4/c1-35-19-11-8-17(9-12-19)14-15-30-28(34)24-25-27(32-21-7-5-4-6-20(21)31-25)33(26(24)29)18-10-13-22(36-2)23(16-18)37-3/h4-13,16H,14-15,29H2,1-3H3,(H,30,34). The van der Waals surface area contributed by atoms with E-state index in [4.69, 9.17) is 29.9 Å². The summed E-state index contributed by atoms with van der Waals surface area (Å²) in [6.45, 7) is 0.425. The first-order chi connectivity index (χ1) is 18.0. The molecule has 2 aromatic heterocycles. The fourth-order valence-corrected chi connectivity index (χ4v) is 4.31. The Balaban J connectivity index is 1.55. The monoisotopic (exact) mass is 497 g/mol. The van der Waals surface area contributed by atoms with Crippen LogP contribution in [0.4, 0.5) is 5.82 Å². The van der Waals surface area contributed by atoms with Gasteiger partial charge in [-0.25, -0.2) is 9.97 Å². The molecule has 0 atom stereocenters. The van der Waals surface area contributed by atoms with Gasteiger partial charge < -0.3 is 25.3 Å². The summed E-state index contributed by atoms with van der Waals surface area (Å²) >= 11 is 0. The van der Waals surface area contributed by atoms with Crippen molar-refractivity contribution in [3.8, 4) is 22.9 Å². The quantitative estimate of drug-likeness (QED) is 0.331. The molecule has 0 aliphatic rings. The lowest BCUT2D eigenvalue weighted by Gasteiger charge is -2.12. The van der Waals surface area contributed by atoms with E-state index in [0.29, 0.717) is 52.3 Å². The molecular weight excluding hydrogens is 470 g/mol. The highest BCUT2D eigenvalue weighted by atomic mass is 16.5. The number of nitrogens with one attached hydrogen (secondary N) is 1. The van der Waals surface area contributed by atoms with E-state index in [1.165, 1.54) is 0 Å². The Kier molecular flexibility index (Phi) is 6.51. The van der Waals surface area contributed by atoms with E-state index in [9.17, 15) is 4.79 Å². The summed E-state index contributed by atoms with van der Waals surface area (Å²) in [5, 5.41) is 2.99. The van der Waals surface area contributed by atoms with Gasteiger partial charge in [0.25, 0.3) is 5.91 Å². The number of amides is 1. The van der Waals surface area contributed by atoms with Crippen molar-refractivity contribution in [3.05, 3.63) is 77.9 Å². The molecule has 3 N–H and O–H groups in total. The second-order valence-electron chi connectivity index (χ2n) is 8.37. The van der Waals surface area contributed by atoms with Crippen LogP contribution in [0.3, 0.4) is 0 Å². The van der Waals surface area contributed by atoms with Gasteiger partial charge in [-0.1, -0.05) is 24.3 Å². The number of ether oxygens (including phenoxy) is 3. The number of carbonyl (C=O) groups is 1. The Bertz CT molecular complexity index is 1590. The number of methoxy groups -OCH3 is 3. The molecule has 0 aliphatic carbocycles. The van der Waals surface area contributed by atoms with Gasteiger partial charge in [0, 0.05) is 12.6 Å². The minimum Gasteiger partial charge on any atom is -0.497 e. The zero-order valence-electron chi connectivity index (χ0n) is 20.8. The predicted molar refractivity (Wildman–Crippen MR) is 143 cm³/mol. The number of fused-ring (bicyclic) bond motifs is 2. The number of nitrogen functional groups attached to an aromatic ring is 1. The van der Waals surface area contributed by atoms with Gasteiger partial charge in [-0.3, -0.25) is 9.36 Å². The summed E-state index contributed by atoms with van der Waals surface area (Å²) in [5.41, 5.74) is 10.9. The minimum absolute atomic E-state index is 0.236. The number of anilines is 1. The summed E-state index contributed by atoms with van der Waals surface area (Å²) in [6, 6.07) is 20.6. The van der Waals surface area contributed by atoms with Crippen LogP contribution in [-0.4, -0.2) is 48.3 Å². The summed E-state index contributed by atoms with van der Waals surface area (Å²) in [7, 11) is 4.76. The third kappa shape index (κ3) is 4.47. The number of hydrogen-bond donors (Lipinski definition) is 2. The molecule has 9 heteroatoms. The molecule has 1 amide bonds. The summed E-state index contributed by atoms with van der Waals surface area (Å²) in [6.07, 6.45) is 0.651. The molecule has 3 aromatic carbocycles. The van der Waals surface area contributed by atoms with Crippen LogP contribution in [0.25, 0.3) is 27.9 Å². The third-order valence-electron chi connectivity index (χ3n) is 6.21. The fraction of sp³-hybridized carbons (Fsp3) is 0.179. The van der Waals surface area contributed by atoms with Gasteiger partial charge >= 0.3 is 0 Å². The number of nitrogens with two attached hydrogens (primary N) is 1. The molecule has 0 saturated heterocycles. The molecule has 0 unspecified atom stereocenters. The number of nitrogens with zero attached hydrogens (tertiary/aromatic N) is 3. The van der Waals surface area contributed by atoms with Crippen LogP contribution in [0.2, 0.25) is 0 Å². The molecule has 0 radical (unpaired) electrons. The number of hydrogen-bond acceptors (Lipinski definition) is 7. The van der Waals surface area contributed by atoms with Crippen molar-refractivity contribution in [1.82, 2.24) is 19.9 Å². The van der Waals surface area contributed by atoms with Crippen LogP contribution in [0, 0.1) is 0 Å². The van der Waals surface area contributed by atoms with Crippen molar-refractivity contribution in [2.24, 2.45) is 0 Å². The van der Waals surface area contributed by atoms with Crippen LogP contribution < -0.4 is 25.3 Å². The number of aromatic nitrogens is 3. The second-order valence-corrected chi connectivity index (χ2v) is 8.37. The normalized spacial score (nSPS) is 11.0. The van der Waals surface area contributed by atoms with Gasteiger partial charge in [-0.2, -0.15) is 0 Å². The van der Waals surface area contributed by atoms with Gasteiger partial charge in [-0.05, 0) is 48.4 Å². The first-order valence-electron chi connectivity index (χ1n) is 11.7. The lowest BCUT2D eigenvalue weighted by Crippen LogP contribution is -2.26. The number of para-hydroxylation sites is 2. The van der Waals surface area contributed by atoms with Gasteiger partial charge in [0.15, 0.2) is 17.1 Å². The van der Waals surface area contributed by atoms with Gasteiger partial charge in [0.2, 0.25) is 0 Å². The van der Waals surface area contributed by atoms with E-state index in [1.54, 1.807) is 38.0 Å². The van der Waals surface area contributed by atoms with Crippen LogP contribution in [0.1, 0.15) is 15.9 Å². The zero-order valence-corrected chi connectivity index (χ0v) is 20.8. The molecule has 2 heterocycles. The summed E-state index contributed by atoms with van der Waals surface area (Å²) in [4.78, 5) is 23.0. The van der Waals surface area contributed by atoms with E-state index in [2.05, 4.69) is 5.32 Å². The van der Waals surface area contributed by atoms with Crippen molar-refractivity contribution >= 4 is 33.9 Å². The highest BCUT2D eigenvalue weighted by molar-refractivity contribution is 6.11. The van der Waals surface area contributed by atoms with E-state index in [0.717, 1.165) is 11.3 Å². The minimum atomic E-state index is -0.320. The van der Waals surface area contributed by atoms with Gasteiger partial charge in [0.1, 0.15) is 22.6 Å². The van der Waals surface area contributed by atoms with Crippen molar-refractivity contribution in [3.63, 3.8) is 0 Å². The lowest BCUT2D eigenvalue weighted by atomic mass is 10.1. The molecule has 0 saturated carbocycles. The highest BCUT2D eigenvalue weighted by Crippen LogP contribution is 2.35. The van der Waals surface area contributed by atoms with E-state index in [1.807, 2.05) is 54.6 Å². The largest absolute Gasteiger partial charge is 0.497 e. The third-order valence-corrected chi connectivity index (χ3v) is 6.21. The zero-order chi connectivity index (χ0) is 25.9. The predicted octanol–water partition coefficient (Wildman–Crippen LogP) is 4.15. The Morgan fingerprint density at radius 2 is 1.59 bits per heavy atom. The molecule has 0 aliphatic heterocycles. The van der Waals surface area contributed by atoms with Gasteiger partial charge in [0.05, 0.1) is 38.1 Å². The molecule has 9 nitrogen and oxygen atoms in total. The van der Waals surface area contributed by atoms with Crippen LogP contribution in [0.5, 0.6) is 17.2 Å². The highest BCUT2D eigenvalue weighted by Gasteiger charge is 2.25. The average Bonchev–Trinajstić information content (AvgIpc) is 3.22. The molecule has 5 aromatic rings. The molecule has 0 spiro atoms. The van der Waals surface area contributed by atoms with Crippen LogP contribution in [-0.2, 0) is 6.42 Å². The van der Waals surface area contributed by atoms with E-state index < -0.39 is 0 Å².